The van der Waals surface area contributed by atoms with Crippen molar-refractivity contribution in [2.75, 3.05) is 0 Å². The normalized spacial score (nSPS) is 11.2. The average Bonchev–Trinajstić information content (AvgIpc) is 3.61. The van der Waals surface area contributed by atoms with E-state index in [4.69, 9.17) is 4.42 Å². The third-order valence-electron chi connectivity index (χ3n) is 7.09. The molecule has 0 aliphatic rings. The number of hydrogen-bond acceptors (Lipinski definition) is 1. The Labute approximate surface area is 222 Å². The lowest BCUT2D eigenvalue weighted by Crippen LogP contribution is -1.87. The van der Waals surface area contributed by atoms with Gasteiger partial charge in [-0.15, -0.1) is 0 Å². The standard InChI is InChI=1S/C36H25NO/c1-4-14-26(15-5-1)29-20-10-11-21-30(29)35-31-22-12-13-23-32(31)36(38-35)34-25-37(28-18-8-3-9-19-28)24-33(34)27-16-6-2-7-17-27/h1-25H. The first-order valence-corrected chi connectivity index (χ1v) is 12.9. The summed E-state index contributed by atoms with van der Waals surface area (Å²) in [5.74, 6) is 1.77. The highest BCUT2D eigenvalue weighted by molar-refractivity contribution is 6.06. The maximum absolute atomic E-state index is 6.90. The van der Waals surface area contributed by atoms with E-state index >= 15 is 0 Å². The fourth-order valence-electron chi connectivity index (χ4n) is 5.27. The topological polar surface area (TPSA) is 18.1 Å². The third-order valence-corrected chi connectivity index (χ3v) is 7.09. The minimum Gasteiger partial charge on any atom is -0.455 e. The molecule has 7 rings (SSSR count). The Bertz CT molecular complexity index is 1840. The Morgan fingerprint density at radius 1 is 0.368 bits per heavy atom. The van der Waals surface area contributed by atoms with Crippen LogP contribution in [0.25, 0.3) is 61.4 Å². The largest absolute Gasteiger partial charge is 0.455 e. The van der Waals surface area contributed by atoms with Crippen molar-refractivity contribution in [3.05, 3.63) is 152 Å². The van der Waals surface area contributed by atoms with Gasteiger partial charge < -0.3 is 8.98 Å². The summed E-state index contributed by atoms with van der Waals surface area (Å²) in [6, 6.07) is 48.5. The highest BCUT2D eigenvalue weighted by atomic mass is 16.3. The fraction of sp³-hybridized carbons (Fsp3) is 0. The van der Waals surface area contributed by atoms with E-state index in [1.54, 1.807) is 0 Å². The molecule has 0 aliphatic heterocycles. The second-order valence-electron chi connectivity index (χ2n) is 9.41. The first-order valence-electron chi connectivity index (χ1n) is 12.9. The Balaban J connectivity index is 1.49. The van der Waals surface area contributed by atoms with E-state index in [0.29, 0.717) is 0 Å². The highest BCUT2D eigenvalue weighted by Gasteiger charge is 2.22. The smallest absolute Gasteiger partial charge is 0.144 e. The highest BCUT2D eigenvalue weighted by Crippen LogP contribution is 2.45. The van der Waals surface area contributed by atoms with E-state index in [-0.39, 0.29) is 0 Å². The maximum atomic E-state index is 6.90. The second-order valence-corrected chi connectivity index (χ2v) is 9.41. The van der Waals surface area contributed by atoms with Gasteiger partial charge in [0.15, 0.2) is 0 Å². The van der Waals surface area contributed by atoms with Crippen LogP contribution in [0.4, 0.5) is 0 Å². The first kappa shape index (κ1) is 22.1. The van der Waals surface area contributed by atoms with Crippen LogP contribution < -0.4 is 0 Å². The number of hydrogen-bond donors (Lipinski definition) is 0. The lowest BCUT2D eigenvalue weighted by Gasteiger charge is -2.08. The van der Waals surface area contributed by atoms with Gasteiger partial charge in [0, 0.05) is 45.5 Å². The molecule has 2 heterocycles. The van der Waals surface area contributed by atoms with E-state index in [2.05, 4.69) is 150 Å². The zero-order valence-electron chi connectivity index (χ0n) is 20.8. The van der Waals surface area contributed by atoms with Crippen molar-refractivity contribution in [3.63, 3.8) is 0 Å². The molecule has 0 spiro atoms. The maximum Gasteiger partial charge on any atom is 0.144 e. The molecule has 0 radical (unpaired) electrons. The predicted molar refractivity (Wildman–Crippen MR) is 157 cm³/mol. The Morgan fingerprint density at radius 2 is 0.816 bits per heavy atom. The van der Waals surface area contributed by atoms with Crippen LogP contribution in [0.1, 0.15) is 0 Å². The van der Waals surface area contributed by atoms with Crippen LogP contribution in [-0.2, 0) is 0 Å². The lowest BCUT2D eigenvalue weighted by molar-refractivity contribution is 0.602. The molecule has 0 atom stereocenters. The lowest BCUT2D eigenvalue weighted by atomic mass is 9.96. The number of rotatable bonds is 5. The summed E-state index contributed by atoms with van der Waals surface area (Å²) in [5, 5.41) is 2.21. The summed E-state index contributed by atoms with van der Waals surface area (Å²) >= 11 is 0. The molecular formula is C36H25NO. The molecule has 0 unspecified atom stereocenters. The molecule has 0 fully saturated rings. The van der Waals surface area contributed by atoms with Crippen molar-refractivity contribution in [2.45, 2.75) is 0 Å². The summed E-state index contributed by atoms with van der Waals surface area (Å²) < 4.78 is 9.08. The zero-order chi connectivity index (χ0) is 25.3. The van der Waals surface area contributed by atoms with Crippen molar-refractivity contribution in [1.82, 2.24) is 4.57 Å². The van der Waals surface area contributed by atoms with E-state index in [1.807, 2.05) is 6.07 Å². The van der Waals surface area contributed by atoms with Crippen LogP contribution in [0, 0.1) is 0 Å². The number of benzene rings is 5. The molecule has 2 nitrogen and oxygen atoms in total. The molecule has 0 amide bonds. The van der Waals surface area contributed by atoms with Crippen molar-refractivity contribution in [1.29, 1.82) is 0 Å². The summed E-state index contributed by atoms with van der Waals surface area (Å²) in [6.45, 7) is 0. The van der Waals surface area contributed by atoms with Gasteiger partial charge in [-0.3, -0.25) is 0 Å². The quantitative estimate of drug-likeness (QED) is 0.236. The Morgan fingerprint density at radius 3 is 1.45 bits per heavy atom. The molecule has 38 heavy (non-hydrogen) atoms. The molecule has 180 valence electrons. The van der Waals surface area contributed by atoms with Crippen molar-refractivity contribution in [2.24, 2.45) is 0 Å². The summed E-state index contributed by atoms with van der Waals surface area (Å²) in [6.07, 6.45) is 4.39. The van der Waals surface area contributed by atoms with Gasteiger partial charge in [-0.25, -0.2) is 0 Å². The van der Waals surface area contributed by atoms with Gasteiger partial charge in [0.2, 0.25) is 0 Å². The van der Waals surface area contributed by atoms with Crippen molar-refractivity contribution in [3.8, 4) is 50.6 Å². The fourth-order valence-corrected chi connectivity index (χ4v) is 5.27. The van der Waals surface area contributed by atoms with Gasteiger partial charge in [0.25, 0.3) is 0 Å². The molecule has 0 bridgehead atoms. The minimum atomic E-state index is 0.881. The van der Waals surface area contributed by atoms with Gasteiger partial charge in [-0.05, 0) is 28.8 Å². The number of nitrogens with zero attached hydrogens (tertiary/aromatic N) is 1. The summed E-state index contributed by atoms with van der Waals surface area (Å²) in [7, 11) is 0. The molecule has 2 heteroatoms. The summed E-state index contributed by atoms with van der Waals surface area (Å²) in [4.78, 5) is 0. The van der Waals surface area contributed by atoms with Crippen molar-refractivity contribution >= 4 is 10.8 Å². The van der Waals surface area contributed by atoms with Crippen LogP contribution in [0.3, 0.4) is 0 Å². The monoisotopic (exact) mass is 487 g/mol. The van der Waals surface area contributed by atoms with Crippen LogP contribution in [0.2, 0.25) is 0 Å². The zero-order valence-corrected chi connectivity index (χ0v) is 20.8. The summed E-state index contributed by atoms with van der Waals surface area (Å²) in [5.41, 5.74) is 7.89. The van der Waals surface area contributed by atoms with E-state index < -0.39 is 0 Å². The van der Waals surface area contributed by atoms with Crippen LogP contribution in [-0.4, -0.2) is 4.57 Å². The molecule has 0 N–H and O–H groups in total. The van der Waals surface area contributed by atoms with Gasteiger partial charge >= 0.3 is 0 Å². The van der Waals surface area contributed by atoms with Crippen LogP contribution >= 0.6 is 0 Å². The number of aromatic nitrogens is 1. The van der Waals surface area contributed by atoms with E-state index in [0.717, 1.165) is 55.8 Å². The van der Waals surface area contributed by atoms with Gasteiger partial charge in [-0.2, -0.15) is 0 Å². The Kier molecular flexibility index (Phi) is 5.49. The minimum absolute atomic E-state index is 0.881. The van der Waals surface area contributed by atoms with Crippen LogP contribution in [0.5, 0.6) is 0 Å². The SMILES string of the molecule is c1ccc(-c2ccccc2-c2oc(-c3cn(-c4ccccc4)cc3-c3ccccc3)c3ccccc23)cc1. The third kappa shape index (κ3) is 3.84. The van der Waals surface area contributed by atoms with Gasteiger partial charge in [0.05, 0.1) is 0 Å². The number of furan rings is 1. The molecule has 5 aromatic carbocycles. The second kappa shape index (κ2) is 9.42. The molecular weight excluding hydrogens is 462 g/mol. The van der Waals surface area contributed by atoms with Crippen molar-refractivity contribution < 1.29 is 4.42 Å². The van der Waals surface area contributed by atoms with E-state index in [1.165, 1.54) is 5.56 Å². The molecule has 0 aliphatic carbocycles. The predicted octanol–water partition coefficient (Wildman–Crippen LogP) is 9.89. The number of para-hydroxylation sites is 1. The molecule has 0 saturated heterocycles. The van der Waals surface area contributed by atoms with Gasteiger partial charge in [-0.1, -0.05) is 127 Å². The van der Waals surface area contributed by atoms with Gasteiger partial charge in [0.1, 0.15) is 11.5 Å². The van der Waals surface area contributed by atoms with Crippen LogP contribution in [0.15, 0.2) is 156 Å². The number of fused-ring (bicyclic) bond motifs is 1. The molecule has 7 aromatic rings. The molecule has 0 saturated carbocycles. The Hall–Kier alpha value is -5.08. The molecule has 2 aromatic heterocycles. The average molecular weight is 488 g/mol. The first-order chi connectivity index (χ1) is 18.9. The van der Waals surface area contributed by atoms with E-state index in [9.17, 15) is 0 Å².